The molecule has 12 nitrogen and oxygen atoms in total. The van der Waals surface area contributed by atoms with Crippen molar-refractivity contribution in [3.05, 3.63) is 24.3 Å². The Morgan fingerprint density at radius 3 is 1.27 bits per heavy atom. The van der Waals surface area contributed by atoms with Crippen LogP contribution in [0.4, 0.5) is 0 Å². The molecule has 6 N–H and O–H groups in total. The fraction of sp³-hybridized carbons (Fsp3) is 0.914. The minimum absolute atomic E-state index is 0.261. The number of allylic oxidation sites excluding steroid dienone is 3. The van der Waals surface area contributed by atoms with Crippen LogP contribution in [0.2, 0.25) is 0 Å². The lowest BCUT2D eigenvalue weighted by atomic mass is 9.99. The van der Waals surface area contributed by atoms with Gasteiger partial charge in [-0.15, -0.1) is 0 Å². The Bertz CT molecular complexity index is 1350. The molecule has 1 aliphatic rings. The molecule has 0 bridgehead atoms. The summed E-state index contributed by atoms with van der Waals surface area (Å²) in [4.78, 5) is 13.1. The van der Waals surface area contributed by atoms with Gasteiger partial charge < -0.3 is 35.2 Å². The average molecular weight is 1030 g/mol. The second-order valence-electron chi connectivity index (χ2n) is 20.9. The first-order valence-electron chi connectivity index (χ1n) is 29.7. The van der Waals surface area contributed by atoms with Gasteiger partial charge in [0.05, 0.1) is 25.4 Å². The minimum Gasteiger partial charge on any atom is -0.394 e. The molecule has 420 valence electrons. The smallest absolute Gasteiger partial charge is 0.394 e. The summed E-state index contributed by atoms with van der Waals surface area (Å²) in [5, 5.41) is 44.7. The molecular weight excluding hydrogens is 919 g/mol. The summed E-state index contributed by atoms with van der Waals surface area (Å²) in [7, 11) is -5.08. The van der Waals surface area contributed by atoms with Gasteiger partial charge >= 0.3 is 10.4 Å². The van der Waals surface area contributed by atoms with Crippen molar-refractivity contribution in [3.63, 3.8) is 0 Å². The first kappa shape index (κ1) is 67.6. The Kier molecular flexibility index (Phi) is 45.9. The average Bonchev–Trinajstić information content (AvgIpc) is 3.34. The van der Waals surface area contributed by atoms with E-state index in [0.717, 1.165) is 44.9 Å². The van der Waals surface area contributed by atoms with E-state index in [1.165, 1.54) is 212 Å². The van der Waals surface area contributed by atoms with Crippen molar-refractivity contribution in [3.8, 4) is 0 Å². The maximum Gasteiger partial charge on any atom is 0.397 e. The van der Waals surface area contributed by atoms with Crippen molar-refractivity contribution in [1.82, 2.24) is 5.32 Å². The van der Waals surface area contributed by atoms with Gasteiger partial charge in [0.2, 0.25) is 5.91 Å². The first-order valence-corrected chi connectivity index (χ1v) is 31.1. The number of hydrogen-bond donors (Lipinski definition) is 6. The van der Waals surface area contributed by atoms with Gasteiger partial charge in [0, 0.05) is 6.42 Å². The summed E-state index contributed by atoms with van der Waals surface area (Å²) in [6, 6.07) is -0.940. The van der Waals surface area contributed by atoms with E-state index < -0.39 is 59.9 Å². The van der Waals surface area contributed by atoms with Crippen LogP contribution in [-0.2, 0) is 28.9 Å². The lowest BCUT2D eigenvalue weighted by molar-refractivity contribution is -0.298. The van der Waals surface area contributed by atoms with Crippen LogP contribution in [-0.4, -0.2) is 95.4 Å². The number of nitrogens with one attached hydrogen (secondary N) is 1. The molecule has 0 aromatic carbocycles. The molecule has 71 heavy (non-hydrogen) atoms. The molecule has 0 aromatic heterocycles. The zero-order chi connectivity index (χ0) is 51.9. The van der Waals surface area contributed by atoms with Crippen LogP contribution in [0.3, 0.4) is 0 Å². The lowest BCUT2D eigenvalue weighted by Gasteiger charge is -2.41. The molecule has 1 heterocycles. The third-order valence-corrected chi connectivity index (χ3v) is 14.7. The Labute approximate surface area is 435 Å². The van der Waals surface area contributed by atoms with Crippen LogP contribution in [0.5, 0.6) is 0 Å². The number of rotatable bonds is 52. The zero-order valence-corrected chi connectivity index (χ0v) is 46.4. The van der Waals surface area contributed by atoms with Gasteiger partial charge in [0.25, 0.3) is 0 Å². The van der Waals surface area contributed by atoms with Crippen LogP contribution in [0, 0.1) is 0 Å². The van der Waals surface area contributed by atoms with Crippen LogP contribution < -0.4 is 5.32 Å². The fourth-order valence-electron chi connectivity index (χ4n) is 9.63. The van der Waals surface area contributed by atoms with Crippen molar-refractivity contribution >= 4 is 16.3 Å². The number of aliphatic hydroxyl groups excluding tert-OH is 4. The van der Waals surface area contributed by atoms with Gasteiger partial charge in [0.1, 0.15) is 24.4 Å². The van der Waals surface area contributed by atoms with Crippen LogP contribution in [0.25, 0.3) is 0 Å². The highest BCUT2D eigenvalue weighted by molar-refractivity contribution is 7.80. The largest absolute Gasteiger partial charge is 0.397 e. The van der Waals surface area contributed by atoms with E-state index >= 15 is 0 Å². The van der Waals surface area contributed by atoms with Crippen molar-refractivity contribution in [1.29, 1.82) is 0 Å². The molecule has 0 saturated carbocycles. The van der Waals surface area contributed by atoms with Gasteiger partial charge in [0.15, 0.2) is 6.29 Å². The van der Waals surface area contributed by atoms with Crippen LogP contribution in [0.15, 0.2) is 24.3 Å². The molecule has 0 aliphatic carbocycles. The van der Waals surface area contributed by atoms with E-state index in [4.69, 9.17) is 9.47 Å². The molecule has 0 aromatic rings. The number of carbonyl (C=O) groups is 1. The second kappa shape index (κ2) is 48.2. The summed E-state index contributed by atoms with van der Waals surface area (Å²) >= 11 is 0. The standard InChI is InChI=1S/C58H111NO11S/c1-3-5-7-9-11-13-14-15-16-17-18-19-20-21-22-23-24-25-26-27-28-29-30-31-32-33-34-35-36-37-38-40-42-44-46-48-54(62)59-51(52(61)47-45-43-41-39-12-10-8-6-4-2)50-68-58-56(64)57(70-71(65,66)67)55(63)53(49-60)69-58/h23-24,45,47,51-53,55-58,60-61,63-64H,3-22,25-44,46,48-50H2,1-2H3,(H,59,62)(H,65,66,67)/b24-23-,47-45+. The highest BCUT2D eigenvalue weighted by Gasteiger charge is 2.48. The first-order chi connectivity index (χ1) is 34.5. The second-order valence-corrected chi connectivity index (χ2v) is 22.0. The molecule has 1 fully saturated rings. The minimum atomic E-state index is -5.08. The third-order valence-electron chi connectivity index (χ3n) is 14.2. The summed E-state index contributed by atoms with van der Waals surface area (Å²) in [5.41, 5.74) is 0. The van der Waals surface area contributed by atoms with Gasteiger partial charge in [-0.25, -0.2) is 4.18 Å². The van der Waals surface area contributed by atoms with Crippen molar-refractivity contribution in [2.75, 3.05) is 13.2 Å². The van der Waals surface area contributed by atoms with E-state index in [9.17, 15) is 38.2 Å². The van der Waals surface area contributed by atoms with Crippen LogP contribution >= 0.6 is 0 Å². The highest BCUT2D eigenvalue weighted by Crippen LogP contribution is 2.26. The maximum absolute atomic E-state index is 13.1. The van der Waals surface area contributed by atoms with E-state index in [-0.39, 0.29) is 18.9 Å². The summed E-state index contributed by atoms with van der Waals surface area (Å²) in [6.45, 7) is 3.38. The number of carbonyl (C=O) groups excluding carboxylic acids is 1. The number of aliphatic hydroxyl groups is 4. The lowest BCUT2D eigenvalue weighted by Crippen LogP contribution is -2.61. The number of hydrogen-bond acceptors (Lipinski definition) is 10. The van der Waals surface area contributed by atoms with Gasteiger partial charge in [-0.3, -0.25) is 9.35 Å². The molecular formula is C58H111NO11S. The van der Waals surface area contributed by atoms with Crippen molar-refractivity contribution in [2.24, 2.45) is 0 Å². The summed E-state index contributed by atoms with van der Waals surface area (Å²) in [6.07, 6.45) is 51.4. The molecule has 1 rings (SSSR count). The van der Waals surface area contributed by atoms with Crippen LogP contribution in [0.1, 0.15) is 284 Å². The fourth-order valence-corrected chi connectivity index (χ4v) is 10.1. The number of unbranched alkanes of at least 4 members (excludes halogenated alkanes) is 38. The van der Waals surface area contributed by atoms with E-state index in [1.807, 2.05) is 6.08 Å². The molecule has 1 aliphatic heterocycles. The normalized spacial score (nSPS) is 19.6. The molecule has 1 amide bonds. The van der Waals surface area contributed by atoms with E-state index in [2.05, 4.69) is 35.5 Å². The van der Waals surface area contributed by atoms with Crippen molar-refractivity contribution < 1.29 is 51.8 Å². The Hall–Kier alpha value is -1.42. The van der Waals surface area contributed by atoms with Gasteiger partial charge in [-0.05, 0) is 44.9 Å². The Morgan fingerprint density at radius 2 is 0.901 bits per heavy atom. The Morgan fingerprint density at radius 1 is 0.549 bits per heavy atom. The molecule has 13 heteroatoms. The molecule has 0 spiro atoms. The zero-order valence-electron chi connectivity index (χ0n) is 45.6. The number of amides is 1. The van der Waals surface area contributed by atoms with E-state index in [0.29, 0.717) is 6.42 Å². The van der Waals surface area contributed by atoms with Crippen molar-refractivity contribution in [2.45, 2.75) is 326 Å². The molecule has 7 atom stereocenters. The van der Waals surface area contributed by atoms with Gasteiger partial charge in [-0.2, -0.15) is 8.42 Å². The predicted octanol–water partition coefficient (Wildman–Crippen LogP) is 14.0. The van der Waals surface area contributed by atoms with E-state index in [1.54, 1.807) is 6.08 Å². The monoisotopic (exact) mass is 1030 g/mol. The quantitative estimate of drug-likeness (QED) is 0.0193. The Balaban J connectivity index is 2.14. The third kappa shape index (κ3) is 40.6. The maximum atomic E-state index is 13.1. The molecule has 0 radical (unpaired) electrons. The van der Waals surface area contributed by atoms with Gasteiger partial charge in [-0.1, -0.05) is 256 Å². The summed E-state index contributed by atoms with van der Waals surface area (Å²) < 4.78 is 47.6. The summed E-state index contributed by atoms with van der Waals surface area (Å²) in [5.74, 6) is -0.261. The topological polar surface area (TPSA) is 192 Å². The predicted molar refractivity (Wildman–Crippen MR) is 292 cm³/mol. The molecule has 7 unspecified atom stereocenters. The molecule has 1 saturated heterocycles. The SMILES string of the molecule is CCCCCCCCC/C=C/C(O)C(COC1OC(CO)C(O)C(OS(=O)(=O)O)C1O)NC(=O)CCCCCCCCCCCCCCCCCCC/C=C\CCCCCCCCCCCCCCCC. The highest BCUT2D eigenvalue weighted by atomic mass is 32.3. The number of ether oxygens (including phenoxy) is 2.